The summed E-state index contributed by atoms with van der Waals surface area (Å²) < 4.78 is 5.61. The molecule has 3 N–H and O–H groups in total. The zero-order valence-corrected chi connectivity index (χ0v) is 19.0. The van der Waals surface area contributed by atoms with E-state index in [9.17, 15) is 9.59 Å². The van der Waals surface area contributed by atoms with Crippen LogP contribution in [0.4, 0.5) is 11.4 Å². The number of carbonyl (C=O) groups excluding carboxylic acids is 2. The van der Waals surface area contributed by atoms with Crippen LogP contribution in [0.5, 0.6) is 0 Å². The molecular weight excluding hydrogens is 434 g/mol. The molecule has 4 rings (SSSR count). The van der Waals surface area contributed by atoms with E-state index in [-0.39, 0.29) is 22.7 Å². The van der Waals surface area contributed by atoms with E-state index >= 15 is 0 Å². The van der Waals surface area contributed by atoms with Crippen LogP contribution in [0.2, 0.25) is 0 Å². The van der Waals surface area contributed by atoms with Crippen LogP contribution in [0.1, 0.15) is 46.2 Å². The van der Waals surface area contributed by atoms with E-state index in [1.165, 1.54) is 0 Å². The van der Waals surface area contributed by atoms with Crippen LogP contribution in [0.25, 0.3) is 11.0 Å². The van der Waals surface area contributed by atoms with Gasteiger partial charge in [-0.25, -0.2) is 0 Å². The lowest BCUT2D eigenvalue weighted by Gasteiger charge is -2.12. The average Bonchev–Trinajstić information content (AvgIpc) is 3.24. The van der Waals surface area contributed by atoms with Gasteiger partial charge in [-0.05, 0) is 66.2 Å². The highest BCUT2D eigenvalue weighted by Crippen LogP contribution is 2.21. The second kappa shape index (κ2) is 9.67. The largest absolute Gasteiger partial charge is 0.451 e. The molecule has 0 radical (unpaired) electrons. The average molecular weight is 458 g/mol. The topological polar surface area (TPSA) is 83.4 Å². The maximum Gasteiger partial charge on any atom is 0.291 e. The number of fused-ring (bicyclic) bond motifs is 1. The smallest absolute Gasteiger partial charge is 0.291 e. The minimum atomic E-state index is -0.357. The van der Waals surface area contributed by atoms with Gasteiger partial charge in [-0.15, -0.1) is 0 Å². The van der Waals surface area contributed by atoms with Crippen molar-refractivity contribution >= 4 is 51.5 Å². The number of carbonyl (C=O) groups is 2. The summed E-state index contributed by atoms with van der Waals surface area (Å²) in [6, 6.07) is 23.6. The Hall–Kier alpha value is -3.97. The Labute approximate surface area is 197 Å². The van der Waals surface area contributed by atoms with Gasteiger partial charge in [0.1, 0.15) is 5.58 Å². The monoisotopic (exact) mass is 457 g/mol. The molecule has 4 aromatic rings. The number of furan rings is 1. The molecule has 0 saturated carbocycles. The highest BCUT2D eigenvalue weighted by atomic mass is 32.1. The van der Waals surface area contributed by atoms with Gasteiger partial charge in [0.2, 0.25) is 0 Å². The molecule has 3 aromatic carbocycles. The van der Waals surface area contributed by atoms with E-state index in [0.29, 0.717) is 28.4 Å². The first-order valence-corrected chi connectivity index (χ1v) is 10.9. The van der Waals surface area contributed by atoms with Gasteiger partial charge in [0.05, 0.1) is 0 Å². The van der Waals surface area contributed by atoms with Crippen molar-refractivity contribution in [2.75, 3.05) is 10.6 Å². The van der Waals surface area contributed by atoms with Crippen LogP contribution in [0.3, 0.4) is 0 Å². The van der Waals surface area contributed by atoms with Gasteiger partial charge in [0.15, 0.2) is 10.9 Å². The standard InChI is InChI=1S/C26H23N3O3S/c1-16(2)17-10-12-18(13-11-17)24(30)29-26(33)28-21-8-5-7-20(15-21)27-25(31)23-14-19-6-3-4-9-22(19)32-23/h3-16H,1-2H3,(H,27,31)(H2,28,29,30,33). The third-order valence-electron chi connectivity index (χ3n) is 5.09. The van der Waals surface area contributed by atoms with Crippen molar-refractivity contribution in [1.82, 2.24) is 5.32 Å². The van der Waals surface area contributed by atoms with E-state index in [1.807, 2.05) is 36.4 Å². The summed E-state index contributed by atoms with van der Waals surface area (Å²) in [6.07, 6.45) is 0. The Morgan fingerprint density at radius 3 is 2.21 bits per heavy atom. The maximum atomic E-state index is 12.6. The van der Waals surface area contributed by atoms with Gasteiger partial charge in [0.25, 0.3) is 11.8 Å². The first kappa shape index (κ1) is 22.2. The fraction of sp³-hybridized carbons (Fsp3) is 0.115. The molecule has 0 bridgehead atoms. The van der Waals surface area contributed by atoms with Crippen LogP contribution in [0.15, 0.2) is 83.3 Å². The van der Waals surface area contributed by atoms with Crippen LogP contribution >= 0.6 is 12.2 Å². The molecule has 33 heavy (non-hydrogen) atoms. The summed E-state index contributed by atoms with van der Waals surface area (Å²) in [5.74, 6) is -0.0356. The normalized spacial score (nSPS) is 10.8. The number of thiocarbonyl (C=S) groups is 1. The highest BCUT2D eigenvalue weighted by molar-refractivity contribution is 7.80. The zero-order chi connectivity index (χ0) is 23.4. The molecule has 0 aliphatic heterocycles. The minimum Gasteiger partial charge on any atom is -0.451 e. The maximum absolute atomic E-state index is 12.6. The quantitative estimate of drug-likeness (QED) is 0.323. The Morgan fingerprint density at radius 2 is 1.52 bits per heavy atom. The lowest BCUT2D eigenvalue weighted by Crippen LogP contribution is -2.34. The second-order valence-corrected chi connectivity index (χ2v) is 8.28. The molecule has 0 aliphatic rings. The molecule has 0 saturated heterocycles. The zero-order valence-electron chi connectivity index (χ0n) is 18.2. The summed E-state index contributed by atoms with van der Waals surface area (Å²) in [6.45, 7) is 4.20. The van der Waals surface area contributed by atoms with E-state index in [2.05, 4.69) is 29.8 Å². The molecule has 6 nitrogen and oxygen atoms in total. The fourth-order valence-corrected chi connectivity index (χ4v) is 3.53. The van der Waals surface area contributed by atoms with Crippen LogP contribution < -0.4 is 16.0 Å². The first-order chi connectivity index (χ1) is 15.9. The second-order valence-electron chi connectivity index (χ2n) is 7.87. The number of nitrogens with one attached hydrogen (secondary N) is 3. The van der Waals surface area contributed by atoms with Crippen molar-refractivity contribution in [3.8, 4) is 0 Å². The molecule has 0 spiro atoms. The fourth-order valence-electron chi connectivity index (χ4n) is 3.32. The van der Waals surface area contributed by atoms with Crippen molar-refractivity contribution in [3.63, 3.8) is 0 Å². The summed E-state index contributed by atoms with van der Waals surface area (Å²) in [7, 11) is 0. The number of amides is 2. The summed E-state index contributed by atoms with van der Waals surface area (Å²) in [5.41, 5.74) is 3.52. The molecular formula is C26H23N3O3S. The van der Waals surface area contributed by atoms with E-state index in [0.717, 1.165) is 10.9 Å². The van der Waals surface area contributed by atoms with Gasteiger partial charge >= 0.3 is 0 Å². The molecule has 7 heteroatoms. The SMILES string of the molecule is CC(C)c1ccc(C(=O)NC(=S)Nc2cccc(NC(=O)c3cc4ccccc4o3)c2)cc1. The molecule has 0 unspecified atom stereocenters. The van der Waals surface area contributed by atoms with Gasteiger partial charge < -0.3 is 15.1 Å². The van der Waals surface area contributed by atoms with Crippen molar-refractivity contribution in [2.45, 2.75) is 19.8 Å². The summed E-state index contributed by atoms with van der Waals surface area (Å²) in [5, 5.41) is 9.48. The number of rotatable bonds is 5. The van der Waals surface area contributed by atoms with Crippen LogP contribution in [0, 0.1) is 0 Å². The van der Waals surface area contributed by atoms with Gasteiger partial charge in [-0.2, -0.15) is 0 Å². The van der Waals surface area contributed by atoms with Crippen molar-refractivity contribution in [2.24, 2.45) is 0 Å². The molecule has 0 aliphatic carbocycles. The Morgan fingerprint density at radius 1 is 0.818 bits per heavy atom. The molecule has 2 amide bonds. The van der Waals surface area contributed by atoms with E-state index in [1.54, 1.807) is 42.5 Å². The number of para-hydroxylation sites is 1. The number of benzene rings is 3. The Balaban J connectivity index is 1.37. The van der Waals surface area contributed by atoms with E-state index in [4.69, 9.17) is 16.6 Å². The van der Waals surface area contributed by atoms with Crippen molar-refractivity contribution in [1.29, 1.82) is 0 Å². The van der Waals surface area contributed by atoms with Gasteiger partial charge in [-0.3, -0.25) is 14.9 Å². The summed E-state index contributed by atoms with van der Waals surface area (Å²) >= 11 is 5.28. The predicted octanol–water partition coefficient (Wildman–Crippen LogP) is 5.94. The molecule has 0 fully saturated rings. The van der Waals surface area contributed by atoms with Crippen LogP contribution in [-0.2, 0) is 0 Å². The van der Waals surface area contributed by atoms with Gasteiger partial charge in [-0.1, -0.05) is 50.2 Å². The Bertz CT molecular complexity index is 1290. The first-order valence-electron chi connectivity index (χ1n) is 10.5. The molecule has 0 atom stereocenters. The van der Waals surface area contributed by atoms with Crippen molar-refractivity contribution in [3.05, 3.63) is 95.7 Å². The third kappa shape index (κ3) is 5.45. The predicted molar refractivity (Wildman–Crippen MR) is 135 cm³/mol. The lowest BCUT2D eigenvalue weighted by atomic mass is 10.0. The third-order valence-corrected chi connectivity index (χ3v) is 5.30. The molecule has 1 aromatic heterocycles. The van der Waals surface area contributed by atoms with Crippen LogP contribution in [-0.4, -0.2) is 16.9 Å². The summed E-state index contributed by atoms with van der Waals surface area (Å²) in [4.78, 5) is 25.0. The Kier molecular flexibility index (Phi) is 6.51. The van der Waals surface area contributed by atoms with Crippen molar-refractivity contribution < 1.29 is 14.0 Å². The number of anilines is 2. The molecule has 166 valence electrons. The number of hydrogen-bond acceptors (Lipinski definition) is 4. The number of hydrogen-bond donors (Lipinski definition) is 3. The van der Waals surface area contributed by atoms with E-state index < -0.39 is 0 Å². The molecule has 1 heterocycles. The highest BCUT2D eigenvalue weighted by Gasteiger charge is 2.13. The van der Waals surface area contributed by atoms with Gasteiger partial charge in [0, 0.05) is 22.3 Å². The lowest BCUT2D eigenvalue weighted by molar-refractivity contribution is 0.0975. The minimum absolute atomic E-state index is 0.161.